The smallest absolute Gasteiger partial charge is 0.191 e. The summed E-state index contributed by atoms with van der Waals surface area (Å²) in [6.07, 6.45) is 0. The molecule has 1 aromatic carbocycles. The van der Waals surface area contributed by atoms with Gasteiger partial charge in [-0.2, -0.15) is 0 Å². The lowest BCUT2D eigenvalue weighted by Crippen LogP contribution is -2.43. The first-order chi connectivity index (χ1) is 9.15. The van der Waals surface area contributed by atoms with E-state index in [0.717, 1.165) is 18.1 Å². The molecule has 0 amide bonds. The van der Waals surface area contributed by atoms with Gasteiger partial charge < -0.3 is 20.5 Å². The third-order valence-electron chi connectivity index (χ3n) is 2.47. The van der Waals surface area contributed by atoms with E-state index in [-0.39, 0.29) is 11.8 Å². The zero-order chi connectivity index (χ0) is 14.1. The van der Waals surface area contributed by atoms with Crippen LogP contribution in [-0.4, -0.2) is 37.4 Å². The van der Waals surface area contributed by atoms with E-state index in [4.69, 9.17) is 4.74 Å². The number of hydrogen-bond acceptors (Lipinski definition) is 3. The van der Waals surface area contributed by atoms with Crippen molar-refractivity contribution in [1.29, 1.82) is 0 Å². The minimum Gasteiger partial charge on any atom is -0.508 e. The number of nitrogens with zero attached hydrogens (tertiary/aromatic N) is 1. The Kier molecular flexibility index (Phi) is 6.74. The van der Waals surface area contributed by atoms with E-state index in [1.807, 2.05) is 26.0 Å². The molecule has 0 aromatic heterocycles. The molecule has 1 unspecified atom stereocenters. The normalized spacial score (nSPS) is 13.1. The van der Waals surface area contributed by atoms with E-state index in [1.165, 1.54) is 0 Å². The standard InChI is InChI=1S/C14H23N3O2/c1-4-15-14(17-11(2)10-19-3)16-9-12-6-5-7-13(18)8-12/h5-8,11,18H,4,9-10H2,1-3H3,(H2,15,16,17). The predicted octanol–water partition coefficient (Wildman–Crippen LogP) is 1.48. The Balaban J connectivity index is 2.62. The molecule has 0 spiro atoms. The van der Waals surface area contributed by atoms with Crippen molar-refractivity contribution in [2.45, 2.75) is 26.4 Å². The van der Waals surface area contributed by atoms with Gasteiger partial charge in [0.25, 0.3) is 0 Å². The maximum Gasteiger partial charge on any atom is 0.191 e. The summed E-state index contributed by atoms with van der Waals surface area (Å²) in [7, 11) is 1.68. The van der Waals surface area contributed by atoms with Crippen LogP contribution in [0.5, 0.6) is 5.75 Å². The van der Waals surface area contributed by atoms with Gasteiger partial charge in [0.15, 0.2) is 5.96 Å². The summed E-state index contributed by atoms with van der Waals surface area (Å²) < 4.78 is 5.08. The number of phenols is 1. The minimum absolute atomic E-state index is 0.187. The molecule has 0 radical (unpaired) electrons. The fourth-order valence-corrected chi connectivity index (χ4v) is 1.67. The van der Waals surface area contributed by atoms with Gasteiger partial charge in [0.2, 0.25) is 0 Å². The van der Waals surface area contributed by atoms with Crippen molar-refractivity contribution in [3.8, 4) is 5.75 Å². The van der Waals surface area contributed by atoms with Gasteiger partial charge in [-0.05, 0) is 31.5 Å². The van der Waals surface area contributed by atoms with E-state index in [1.54, 1.807) is 19.2 Å². The minimum atomic E-state index is 0.187. The Bertz CT molecular complexity index is 407. The zero-order valence-corrected chi connectivity index (χ0v) is 11.8. The topological polar surface area (TPSA) is 65.9 Å². The predicted molar refractivity (Wildman–Crippen MR) is 77.4 cm³/mol. The number of aromatic hydroxyl groups is 1. The molecule has 0 fully saturated rings. The molecular weight excluding hydrogens is 242 g/mol. The number of nitrogens with one attached hydrogen (secondary N) is 2. The van der Waals surface area contributed by atoms with E-state index in [9.17, 15) is 5.11 Å². The van der Waals surface area contributed by atoms with Crippen LogP contribution in [0.3, 0.4) is 0 Å². The third kappa shape index (κ3) is 6.10. The fourth-order valence-electron chi connectivity index (χ4n) is 1.67. The highest BCUT2D eigenvalue weighted by molar-refractivity contribution is 5.80. The first-order valence-electron chi connectivity index (χ1n) is 6.47. The van der Waals surface area contributed by atoms with Gasteiger partial charge in [-0.3, -0.25) is 0 Å². The maximum atomic E-state index is 9.40. The van der Waals surface area contributed by atoms with Crippen molar-refractivity contribution in [3.63, 3.8) is 0 Å². The van der Waals surface area contributed by atoms with E-state index >= 15 is 0 Å². The number of benzene rings is 1. The fraction of sp³-hybridized carbons (Fsp3) is 0.500. The van der Waals surface area contributed by atoms with Crippen molar-refractivity contribution in [2.75, 3.05) is 20.3 Å². The Morgan fingerprint density at radius 2 is 2.26 bits per heavy atom. The summed E-state index contributed by atoms with van der Waals surface area (Å²) in [6, 6.07) is 7.30. The van der Waals surface area contributed by atoms with Crippen LogP contribution < -0.4 is 10.6 Å². The molecule has 106 valence electrons. The van der Waals surface area contributed by atoms with Crippen LogP contribution in [-0.2, 0) is 11.3 Å². The Labute approximate surface area is 114 Å². The lowest BCUT2D eigenvalue weighted by atomic mass is 10.2. The third-order valence-corrected chi connectivity index (χ3v) is 2.47. The van der Waals surface area contributed by atoms with Gasteiger partial charge in [0.1, 0.15) is 5.75 Å². The number of ether oxygens (including phenoxy) is 1. The summed E-state index contributed by atoms with van der Waals surface area (Å²) in [6.45, 7) is 5.99. The van der Waals surface area contributed by atoms with Crippen LogP contribution >= 0.6 is 0 Å². The van der Waals surface area contributed by atoms with Crippen molar-refractivity contribution in [3.05, 3.63) is 29.8 Å². The maximum absolute atomic E-state index is 9.40. The number of aliphatic imine (C=N–C) groups is 1. The monoisotopic (exact) mass is 265 g/mol. The number of hydrogen-bond donors (Lipinski definition) is 3. The van der Waals surface area contributed by atoms with Gasteiger partial charge >= 0.3 is 0 Å². The summed E-state index contributed by atoms with van der Waals surface area (Å²) in [5.74, 6) is 1.01. The molecular formula is C14H23N3O2. The van der Waals surface area contributed by atoms with Crippen LogP contribution in [0.4, 0.5) is 0 Å². The molecule has 0 saturated heterocycles. The molecule has 3 N–H and O–H groups in total. The van der Waals surface area contributed by atoms with Crippen molar-refractivity contribution < 1.29 is 9.84 Å². The number of phenolic OH excluding ortho intramolecular Hbond substituents is 1. The quantitative estimate of drug-likeness (QED) is 0.538. The molecule has 0 aliphatic rings. The Hall–Kier alpha value is -1.75. The Morgan fingerprint density at radius 3 is 2.89 bits per heavy atom. The zero-order valence-electron chi connectivity index (χ0n) is 11.8. The first-order valence-corrected chi connectivity index (χ1v) is 6.47. The van der Waals surface area contributed by atoms with E-state index in [0.29, 0.717) is 13.2 Å². The lowest BCUT2D eigenvalue weighted by molar-refractivity contribution is 0.179. The first kappa shape index (κ1) is 15.3. The van der Waals surface area contributed by atoms with Gasteiger partial charge in [-0.15, -0.1) is 0 Å². The average molecular weight is 265 g/mol. The molecule has 1 atom stereocenters. The lowest BCUT2D eigenvalue weighted by Gasteiger charge is -2.17. The number of methoxy groups -OCH3 is 1. The van der Waals surface area contributed by atoms with Gasteiger partial charge in [0, 0.05) is 19.7 Å². The Morgan fingerprint density at radius 1 is 1.47 bits per heavy atom. The van der Waals surface area contributed by atoms with Gasteiger partial charge in [-0.25, -0.2) is 4.99 Å². The second-order valence-corrected chi connectivity index (χ2v) is 4.37. The second kappa shape index (κ2) is 8.37. The highest BCUT2D eigenvalue weighted by Crippen LogP contribution is 2.11. The largest absolute Gasteiger partial charge is 0.508 e. The summed E-state index contributed by atoms with van der Waals surface area (Å²) in [4.78, 5) is 4.47. The molecule has 5 heteroatoms. The number of rotatable bonds is 6. The van der Waals surface area contributed by atoms with Crippen molar-refractivity contribution in [2.24, 2.45) is 4.99 Å². The van der Waals surface area contributed by atoms with Gasteiger partial charge in [-0.1, -0.05) is 12.1 Å². The molecule has 0 bridgehead atoms. The van der Waals surface area contributed by atoms with Crippen LogP contribution in [0, 0.1) is 0 Å². The summed E-state index contributed by atoms with van der Waals surface area (Å²) in [5, 5.41) is 15.8. The molecule has 0 saturated carbocycles. The van der Waals surface area contributed by atoms with Crippen LogP contribution in [0.15, 0.2) is 29.3 Å². The molecule has 0 aliphatic heterocycles. The highest BCUT2D eigenvalue weighted by atomic mass is 16.5. The SMILES string of the molecule is CCNC(=NCc1cccc(O)c1)NC(C)COC. The average Bonchev–Trinajstić information content (AvgIpc) is 2.36. The molecule has 0 heterocycles. The molecule has 5 nitrogen and oxygen atoms in total. The molecule has 19 heavy (non-hydrogen) atoms. The van der Waals surface area contributed by atoms with Crippen LogP contribution in [0.25, 0.3) is 0 Å². The van der Waals surface area contributed by atoms with Crippen molar-refractivity contribution >= 4 is 5.96 Å². The molecule has 1 aromatic rings. The van der Waals surface area contributed by atoms with Crippen LogP contribution in [0.2, 0.25) is 0 Å². The van der Waals surface area contributed by atoms with Gasteiger partial charge in [0.05, 0.1) is 13.2 Å². The van der Waals surface area contributed by atoms with Crippen molar-refractivity contribution in [1.82, 2.24) is 10.6 Å². The molecule has 1 rings (SSSR count). The molecule has 0 aliphatic carbocycles. The summed E-state index contributed by atoms with van der Waals surface area (Å²) in [5.41, 5.74) is 0.969. The highest BCUT2D eigenvalue weighted by Gasteiger charge is 2.04. The summed E-state index contributed by atoms with van der Waals surface area (Å²) >= 11 is 0. The van der Waals surface area contributed by atoms with E-state index < -0.39 is 0 Å². The van der Waals surface area contributed by atoms with Crippen LogP contribution in [0.1, 0.15) is 19.4 Å². The van der Waals surface area contributed by atoms with E-state index in [2.05, 4.69) is 15.6 Å². The second-order valence-electron chi connectivity index (χ2n) is 4.37. The number of guanidine groups is 1.